The van der Waals surface area contributed by atoms with Crippen molar-refractivity contribution in [1.82, 2.24) is 4.72 Å². The van der Waals surface area contributed by atoms with E-state index >= 15 is 0 Å². The average Bonchev–Trinajstić information content (AvgIpc) is 2.81. The molecule has 5 nitrogen and oxygen atoms in total. The molecular weight excluding hydrogens is 240 g/mol. The Labute approximate surface area is 100 Å². The largest absolute Gasteiger partial charge is 0.380 e. The van der Waals surface area contributed by atoms with Gasteiger partial charge < -0.3 is 4.74 Å². The molecule has 0 amide bonds. The lowest BCUT2D eigenvalue weighted by molar-refractivity contribution is 0.192. The quantitative estimate of drug-likeness (QED) is 0.855. The molecule has 1 atom stereocenters. The fraction of sp³-hybridized carbons (Fsp3) is 0.364. The first-order valence-electron chi connectivity index (χ1n) is 5.23. The SMILES string of the molecule is N#Cc1ccccc1S(=O)(=O)NC1CCOC1. The Bertz CT molecular complexity index is 542. The van der Waals surface area contributed by atoms with Crippen LogP contribution in [0.3, 0.4) is 0 Å². The minimum absolute atomic E-state index is 0.0226. The third-order valence-electron chi connectivity index (χ3n) is 2.55. The number of hydrogen-bond acceptors (Lipinski definition) is 4. The number of ether oxygens (including phenoxy) is 1. The van der Waals surface area contributed by atoms with E-state index in [1.807, 2.05) is 6.07 Å². The van der Waals surface area contributed by atoms with Gasteiger partial charge in [-0.2, -0.15) is 5.26 Å². The Morgan fingerprint density at radius 3 is 2.82 bits per heavy atom. The Balaban J connectivity index is 2.28. The van der Waals surface area contributed by atoms with Crippen molar-refractivity contribution in [2.45, 2.75) is 17.4 Å². The molecular formula is C11H12N2O3S. The number of sulfonamides is 1. The maximum atomic E-state index is 12.1. The number of nitriles is 1. The molecule has 1 aliphatic rings. The highest BCUT2D eigenvalue weighted by atomic mass is 32.2. The highest BCUT2D eigenvalue weighted by molar-refractivity contribution is 7.89. The topological polar surface area (TPSA) is 79.2 Å². The van der Waals surface area contributed by atoms with Gasteiger partial charge in [-0.05, 0) is 18.6 Å². The van der Waals surface area contributed by atoms with Gasteiger partial charge in [0.25, 0.3) is 0 Å². The van der Waals surface area contributed by atoms with Gasteiger partial charge in [0.2, 0.25) is 10.0 Å². The van der Waals surface area contributed by atoms with Crippen LogP contribution in [0.25, 0.3) is 0 Å². The van der Waals surface area contributed by atoms with Gasteiger partial charge in [-0.25, -0.2) is 13.1 Å². The van der Waals surface area contributed by atoms with Gasteiger partial charge in [0, 0.05) is 12.6 Å². The van der Waals surface area contributed by atoms with Gasteiger partial charge >= 0.3 is 0 Å². The summed E-state index contributed by atoms with van der Waals surface area (Å²) in [6.45, 7) is 0.945. The Kier molecular flexibility index (Phi) is 3.43. The number of rotatable bonds is 3. The molecule has 1 aromatic rings. The smallest absolute Gasteiger partial charge is 0.242 e. The molecule has 17 heavy (non-hydrogen) atoms. The summed E-state index contributed by atoms with van der Waals surface area (Å²) < 4.78 is 31.7. The lowest BCUT2D eigenvalue weighted by Crippen LogP contribution is -2.35. The predicted molar refractivity (Wildman–Crippen MR) is 60.7 cm³/mol. The fourth-order valence-electron chi connectivity index (χ4n) is 1.70. The van der Waals surface area contributed by atoms with E-state index < -0.39 is 10.0 Å². The van der Waals surface area contributed by atoms with Gasteiger partial charge in [-0.3, -0.25) is 0 Å². The summed E-state index contributed by atoms with van der Waals surface area (Å²) in [6, 6.07) is 7.82. The van der Waals surface area contributed by atoms with E-state index in [0.29, 0.717) is 19.6 Å². The molecule has 1 N–H and O–H groups in total. The van der Waals surface area contributed by atoms with E-state index in [1.165, 1.54) is 12.1 Å². The second-order valence-corrected chi connectivity index (χ2v) is 5.47. The van der Waals surface area contributed by atoms with E-state index in [0.717, 1.165) is 0 Å². The standard InChI is InChI=1S/C11H12N2O3S/c12-7-9-3-1-2-4-11(9)17(14,15)13-10-5-6-16-8-10/h1-4,10,13H,5-6,8H2. The summed E-state index contributed by atoms with van der Waals surface area (Å²) >= 11 is 0. The third-order valence-corrected chi connectivity index (χ3v) is 4.13. The number of benzene rings is 1. The van der Waals surface area contributed by atoms with Crippen LogP contribution in [0.5, 0.6) is 0 Å². The molecule has 0 bridgehead atoms. The predicted octanol–water partition coefficient (Wildman–Crippen LogP) is 0.625. The number of nitrogens with one attached hydrogen (secondary N) is 1. The monoisotopic (exact) mass is 252 g/mol. The van der Waals surface area contributed by atoms with Crippen LogP contribution < -0.4 is 4.72 Å². The zero-order valence-electron chi connectivity index (χ0n) is 9.09. The molecule has 1 unspecified atom stereocenters. The van der Waals surface area contributed by atoms with E-state index in [9.17, 15) is 8.42 Å². The molecule has 1 aliphatic heterocycles. The molecule has 0 spiro atoms. The molecule has 1 aromatic carbocycles. The molecule has 1 heterocycles. The zero-order chi connectivity index (χ0) is 12.3. The lowest BCUT2D eigenvalue weighted by Gasteiger charge is -2.12. The van der Waals surface area contributed by atoms with Gasteiger partial charge in [0.15, 0.2) is 0 Å². The maximum Gasteiger partial charge on any atom is 0.242 e. The second kappa shape index (κ2) is 4.84. The van der Waals surface area contributed by atoms with Gasteiger partial charge in [-0.15, -0.1) is 0 Å². The van der Waals surface area contributed by atoms with Crippen LogP contribution in [0.4, 0.5) is 0 Å². The van der Waals surface area contributed by atoms with E-state index in [-0.39, 0.29) is 16.5 Å². The van der Waals surface area contributed by atoms with Gasteiger partial charge in [-0.1, -0.05) is 12.1 Å². The van der Waals surface area contributed by atoms with Crippen molar-refractivity contribution >= 4 is 10.0 Å². The van der Waals surface area contributed by atoms with Crippen LogP contribution in [-0.2, 0) is 14.8 Å². The zero-order valence-corrected chi connectivity index (χ0v) is 9.90. The number of nitrogens with zero attached hydrogens (tertiary/aromatic N) is 1. The average molecular weight is 252 g/mol. The molecule has 90 valence electrons. The summed E-state index contributed by atoms with van der Waals surface area (Å²) in [5, 5.41) is 8.88. The molecule has 6 heteroatoms. The van der Waals surface area contributed by atoms with Crippen molar-refractivity contribution in [2.24, 2.45) is 0 Å². The Morgan fingerprint density at radius 2 is 2.18 bits per heavy atom. The highest BCUT2D eigenvalue weighted by Crippen LogP contribution is 2.16. The summed E-state index contributed by atoms with van der Waals surface area (Å²) in [5.74, 6) is 0. The Hall–Kier alpha value is -1.42. The first-order chi connectivity index (χ1) is 8.13. The molecule has 0 aliphatic carbocycles. The van der Waals surface area contributed by atoms with Gasteiger partial charge in [0.1, 0.15) is 6.07 Å². The molecule has 1 fully saturated rings. The van der Waals surface area contributed by atoms with Crippen LogP contribution in [0.2, 0.25) is 0 Å². The minimum atomic E-state index is -3.64. The Morgan fingerprint density at radius 1 is 1.41 bits per heavy atom. The van der Waals surface area contributed by atoms with Crippen LogP contribution in [0.1, 0.15) is 12.0 Å². The fourth-order valence-corrected chi connectivity index (χ4v) is 3.12. The molecule has 2 rings (SSSR count). The molecule has 0 saturated carbocycles. The van der Waals surface area contributed by atoms with Crippen LogP contribution in [0, 0.1) is 11.3 Å². The van der Waals surface area contributed by atoms with Gasteiger partial charge in [0.05, 0.1) is 17.1 Å². The normalized spacial score (nSPS) is 20.1. The number of hydrogen-bond donors (Lipinski definition) is 1. The van der Waals surface area contributed by atoms with Crippen molar-refractivity contribution in [3.63, 3.8) is 0 Å². The maximum absolute atomic E-state index is 12.1. The minimum Gasteiger partial charge on any atom is -0.380 e. The van der Waals surface area contributed by atoms with Crippen molar-refractivity contribution in [1.29, 1.82) is 5.26 Å². The van der Waals surface area contributed by atoms with Crippen molar-refractivity contribution in [3.05, 3.63) is 29.8 Å². The van der Waals surface area contributed by atoms with Crippen molar-refractivity contribution < 1.29 is 13.2 Å². The molecule has 0 aromatic heterocycles. The molecule has 1 saturated heterocycles. The van der Waals surface area contributed by atoms with Crippen LogP contribution in [0.15, 0.2) is 29.2 Å². The second-order valence-electron chi connectivity index (χ2n) is 3.79. The summed E-state index contributed by atoms with van der Waals surface area (Å²) in [6.07, 6.45) is 0.661. The van der Waals surface area contributed by atoms with Crippen molar-refractivity contribution in [2.75, 3.05) is 13.2 Å². The lowest BCUT2D eigenvalue weighted by atomic mass is 10.2. The van der Waals surface area contributed by atoms with Crippen LogP contribution in [-0.4, -0.2) is 27.7 Å². The first-order valence-corrected chi connectivity index (χ1v) is 6.71. The van der Waals surface area contributed by atoms with Crippen molar-refractivity contribution in [3.8, 4) is 6.07 Å². The first kappa shape index (κ1) is 12.0. The van der Waals surface area contributed by atoms with Crippen LogP contribution >= 0.6 is 0 Å². The highest BCUT2D eigenvalue weighted by Gasteiger charge is 2.25. The summed E-state index contributed by atoms with van der Waals surface area (Å²) in [5.41, 5.74) is 0.152. The summed E-state index contributed by atoms with van der Waals surface area (Å²) in [7, 11) is -3.64. The van der Waals surface area contributed by atoms with E-state index in [1.54, 1.807) is 12.1 Å². The third kappa shape index (κ3) is 2.64. The van der Waals surface area contributed by atoms with E-state index in [2.05, 4.69) is 4.72 Å². The summed E-state index contributed by atoms with van der Waals surface area (Å²) in [4.78, 5) is 0.0226. The van der Waals surface area contributed by atoms with E-state index in [4.69, 9.17) is 10.00 Å². The molecule has 0 radical (unpaired) electrons.